The van der Waals surface area contributed by atoms with Gasteiger partial charge in [-0.1, -0.05) is 48.0 Å². The van der Waals surface area contributed by atoms with Crippen molar-refractivity contribution in [3.05, 3.63) is 64.7 Å². The Hall–Kier alpha value is -0.630. The molecule has 104 valence electrons. The maximum atomic E-state index is 6.32. The van der Waals surface area contributed by atoms with Gasteiger partial charge in [0.05, 0.1) is 0 Å². The van der Waals surface area contributed by atoms with Gasteiger partial charge in [-0.15, -0.1) is 23.4 Å². The number of rotatable bonds is 4. The Kier molecular flexibility index (Phi) is 4.60. The third-order valence-corrected chi connectivity index (χ3v) is 5.87. The Balaban J connectivity index is 1.82. The van der Waals surface area contributed by atoms with E-state index in [1.807, 2.05) is 30.0 Å². The van der Waals surface area contributed by atoms with Gasteiger partial charge in [-0.05, 0) is 41.5 Å². The molecule has 1 aliphatic heterocycles. The van der Waals surface area contributed by atoms with Crippen LogP contribution in [0.5, 0.6) is 0 Å². The van der Waals surface area contributed by atoms with E-state index >= 15 is 0 Å². The molecule has 1 heterocycles. The molecule has 0 bridgehead atoms. The summed E-state index contributed by atoms with van der Waals surface area (Å²) >= 11 is 14.5. The smallest absolute Gasteiger partial charge is 0.0441 e. The molecule has 3 heteroatoms. The lowest BCUT2D eigenvalue weighted by atomic mass is 9.87. The van der Waals surface area contributed by atoms with Crippen LogP contribution in [0, 0.1) is 0 Å². The van der Waals surface area contributed by atoms with Crippen molar-refractivity contribution in [2.75, 3.05) is 11.6 Å². The Morgan fingerprint density at radius 2 is 1.85 bits per heavy atom. The summed E-state index contributed by atoms with van der Waals surface area (Å²) in [5, 5.41) is 0.831. The van der Waals surface area contributed by atoms with Crippen molar-refractivity contribution in [1.82, 2.24) is 0 Å². The highest BCUT2D eigenvalue weighted by atomic mass is 35.5. The van der Waals surface area contributed by atoms with Gasteiger partial charge in [0, 0.05) is 21.6 Å². The van der Waals surface area contributed by atoms with E-state index in [0.717, 1.165) is 17.2 Å². The molecule has 3 rings (SSSR count). The fourth-order valence-corrected chi connectivity index (χ4v) is 4.70. The zero-order chi connectivity index (χ0) is 13.9. The zero-order valence-corrected chi connectivity index (χ0v) is 13.4. The first-order chi connectivity index (χ1) is 9.79. The first-order valence-electron chi connectivity index (χ1n) is 6.81. The van der Waals surface area contributed by atoms with Crippen LogP contribution < -0.4 is 0 Å². The topological polar surface area (TPSA) is 0 Å². The van der Waals surface area contributed by atoms with Crippen LogP contribution in [0.3, 0.4) is 0 Å². The quantitative estimate of drug-likeness (QED) is 0.627. The van der Waals surface area contributed by atoms with Crippen molar-refractivity contribution in [3.8, 4) is 0 Å². The highest BCUT2D eigenvalue weighted by molar-refractivity contribution is 7.99. The second-order valence-electron chi connectivity index (χ2n) is 5.15. The molecule has 2 aromatic carbocycles. The van der Waals surface area contributed by atoms with Crippen molar-refractivity contribution in [2.45, 2.75) is 23.2 Å². The number of hydrogen-bond acceptors (Lipinski definition) is 1. The van der Waals surface area contributed by atoms with E-state index in [9.17, 15) is 0 Å². The lowest BCUT2D eigenvalue weighted by molar-refractivity contribution is 0.604. The van der Waals surface area contributed by atoms with E-state index < -0.39 is 0 Å². The Bertz CT molecular complexity index is 597. The van der Waals surface area contributed by atoms with Crippen molar-refractivity contribution < 1.29 is 0 Å². The molecular formula is C17H16Cl2S. The van der Waals surface area contributed by atoms with Gasteiger partial charge in [0.1, 0.15) is 0 Å². The fraction of sp³-hybridized carbons (Fsp3) is 0.294. The molecule has 0 fully saturated rings. The minimum atomic E-state index is 0.321. The number of hydrogen-bond donors (Lipinski definition) is 0. The molecule has 0 N–H and O–H groups in total. The van der Waals surface area contributed by atoms with E-state index in [-0.39, 0.29) is 0 Å². The van der Waals surface area contributed by atoms with Gasteiger partial charge in [0.15, 0.2) is 0 Å². The van der Waals surface area contributed by atoms with Crippen LogP contribution in [0.2, 0.25) is 5.02 Å². The third-order valence-electron chi connectivity index (χ3n) is 3.90. The highest BCUT2D eigenvalue weighted by Crippen LogP contribution is 2.44. The SMILES string of the molecule is ClCC(CC1CSc2ccccc21)c1ccccc1Cl. The summed E-state index contributed by atoms with van der Waals surface area (Å²) in [6, 6.07) is 16.8. The maximum Gasteiger partial charge on any atom is 0.0441 e. The highest BCUT2D eigenvalue weighted by Gasteiger charge is 2.26. The predicted molar refractivity (Wildman–Crippen MR) is 89.4 cm³/mol. The molecule has 2 unspecified atom stereocenters. The predicted octanol–water partition coefficient (Wildman–Crippen LogP) is 5.94. The molecule has 0 nitrogen and oxygen atoms in total. The molecular weight excluding hydrogens is 307 g/mol. The molecule has 0 saturated carbocycles. The average Bonchev–Trinajstić information content (AvgIpc) is 2.89. The summed E-state index contributed by atoms with van der Waals surface area (Å²) in [5.74, 6) is 2.67. The van der Waals surface area contributed by atoms with E-state index in [1.54, 1.807) is 0 Å². The van der Waals surface area contributed by atoms with Crippen LogP contribution >= 0.6 is 35.0 Å². The molecule has 2 atom stereocenters. The summed E-state index contributed by atoms with van der Waals surface area (Å²) in [5.41, 5.74) is 2.65. The summed E-state index contributed by atoms with van der Waals surface area (Å²) < 4.78 is 0. The zero-order valence-electron chi connectivity index (χ0n) is 11.1. The summed E-state index contributed by atoms with van der Waals surface area (Å²) in [6.07, 6.45) is 1.07. The van der Waals surface area contributed by atoms with Crippen LogP contribution in [0.25, 0.3) is 0 Å². The standard InChI is InChI=1S/C17H16Cl2S/c18-10-12(14-5-1-3-7-16(14)19)9-13-11-20-17-8-4-2-6-15(13)17/h1-8,12-13H,9-11H2. The molecule has 0 radical (unpaired) electrons. The van der Waals surface area contributed by atoms with Crippen LogP contribution in [-0.4, -0.2) is 11.6 Å². The molecule has 20 heavy (non-hydrogen) atoms. The van der Waals surface area contributed by atoms with Gasteiger partial charge in [-0.25, -0.2) is 0 Å². The Morgan fingerprint density at radius 1 is 1.10 bits per heavy atom. The van der Waals surface area contributed by atoms with Crippen LogP contribution in [0.15, 0.2) is 53.4 Å². The minimum absolute atomic E-state index is 0.321. The fourth-order valence-electron chi connectivity index (χ4n) is 2.85. The molecule has 0 aromatic heterocycles. The van der Waals surface area contributed by atoms with Crippen molar-refractivity contribution >= 4 is 35.0 Å². The first kappa shape index (κ1) is 14.3. The Morgan fingerprint density at radius 3 is 2.65 bits per heavy atom. The summed E-state index contributed by atoms with van der Waals surface area (Å²) in [7, 11) is 0. The van der Waals surface area contributed by atoms with E-state index in [1.165, 1.54) is 16.0 Å². The van der Waals surface area contributed by atoms with Gasteiger partial charge < -0.3 is 0 Å². The van der Waals surface area contributed by atoms with Gasteiger partial charge in [-0.2, -0.15) is 0 Å². The monoisotopic (exact) mass is 322 g/mol. The molecule has 0 saturated heterocycles. The van der Waals surface area contributed by atoms with Crippen molar-refractivity contribution in [3.63, 3.8) is 0 Å². The first-order valence-corrected chi connectivity index (χ1v) is 8.71. The molecule has 0 spiro atoms. The van der Waals surface area contributed by atoms with Gasteiger partial charge in [0.25, 0.3) is 0 Å². The van der Waals surface area contributed by atoms with E-state index in [4.69, 9.17) is 23.2 Å². The van der Waals surface area contributed by atoms with Crippen LogP contribution in [0.1, 0.15) is 29.4 Å². The van der Waals surface area contributed by atoms with Crippen molar-refractivity contribution in [2.24, 2.45) is 0 Å². The average molecular weight is 323 g/mol. The number of fused-ring (bicyclic) bond motifs is 1. The Labute approximate surface area is 134 Å². The molecule has 2 aromatic rings. The second kappa shape index (κ2) is 6.43. The van der Waals surface area contributed by atoms with Crippen LogP contribution in [-0.2, 0) is 0 Å². The summed E-state index contributed by atoms with van der Waals surface area (Å²) in [4.78, 5) is 1.42. The van der Waals surface area contributed by atoms with Gasteiger partial charge >= 0.3 is 0 Å². The lowest BCUT2D eigenvalue weighted by Crippen LogP contribution is -2.08. The van der Waals surface area contributed by atoms with Gasteiger partial charge in [0.2, 0.25) is 0 Å². The number of thioether (sulfide) groups is 1. The molecule has 0 amide bonds. The molecule has 1 aliphatic rings. The number of halogens is 2. The third kappa shape index (κ3) is 2.86. The molecule has 0 aliphatic carbocycles. The second-order valence-corrected chi connectivity index (χ2v) is 6.93. The largest absolute Gasteiger partial charge is 0.126 e. The van der Waals surface area contributed by atoms with Gasteiger partial charge in [-0.3, -0.25) is 0 Å². The number of alkyl halides is 1. The summed E-state index contributed by atoms with van der Waals surface area (Å²) in [6.45, 7) is 0. The maximum absolute atomic E-state index is 6.32. The van der Waals surface area contributed by atoms with Crippen molar-refractivity contribution in [1.29, 1.82) is 0 Å². The number of benzene rings is 2. The van der Waals surface area contributed by atoms with E-state index in [0.29, 0.717) is 17.7 Å². The minimum Gasteiger partial charge on any atom is -0.126 e. The normalized spacial score (nSPS) is 18.8. The lowest BCUT2D eigenvalue weighted by Gasteiger charge is -2.20. The van der Waals surface area contributed by atoms with Crippen LogP contribution in [0.4, 0.5) is 0 Å². The van der Waals surface area contributed by atoms with E-state index in [2.05, 4.69) is 30.3 Å².